The van der Waals surface area contributed by atoms with E-state index in [0.717, 1.165) is 31.7 Å². The number of nitrogens with one attached hydrogen (secondary N) is 1. The van der Waals surface area contributed by atoms with E-state index in [1.54, 1.807) is 6.07 Å². The Morgan fingerprint density at radius 3 is 2.50 bits per heavy atom. The minimum absolute atomic E-state index is 0.118. The number of benzene rings is 1. The molecule has 0 radical (unpaired) electrons. The van der Waals surface area contributed by atoms with E-state index in [1.807, 2.05) is 24.3 Å². The molecule has 0 saturated heterocycles. The van der Waals surface area contributed by atoms with Crippen LogP contribution in [0.5, 0.6) is 0 Å². The van der Waals surface area contributed by atoms with Gasteiger partial charge < -0.3 is 10.2 Å². The standard InChI is InChI=1S/C19H24N4O/c1-2-23(14-15-8-4-3-5-9-15)18-13-12-17(21-22-18)19(24)20-16-10-6-7-11-16/h3-5,8-9,12-13,16H,2,6-7,10-11,14H2,1H3,(H,20,24). The van der Waals surface area contributed by atoms with Crippen molar-refractivity contribution in [2.75, 3.05) is 11.4 Å². The Hall–Kier alpha value is -2.43. The highest BCUT2D eigenvalue weighted by atomic mass is 16.2. The maximum Gasteiger partial charge on any atom is 0.272 e. The molecule has 1 N–H and O–H groups in total. The summed E-state index contributed by atoms with van der Waals surface area (Å²) in [5.41, 5.74) is 1.62. The third-order valence-corrected chi connectivity index (χ3v) is 4.50. The van der Waals surface area contributed by atoms with Gasteiger partial charge in [0.1, 0.15) is 0 Å². The predicted molar refractivity (Wildman–Crippen MR) is 94.9 cm³/mol. The van der Waals surface area contributed by atoms with Crippen LogP contribution in [0.25, 0.3) is 0 Å². The second-order valence-electron chi connectivity index (χ2n) is 6.23. The number of amides is 1. The normalized spacial score (nSPS) is 14.5. The second kappa shape index (κ2) is 7.90. The van der Waals surface area contributed by atoms with Crippen LogP contribution in [0.15, 0.2) is 42.5 Å². The molecule has 1 amide bonds. The molecule has 1 aromatic carbocycles. The zero-order valence-electron chi connectivity index (χ0n) is 14.1. The summed E-state index contributed by atoms with van der Waals surface area (Å²) in [5, 5.41) is 11.4. The molecular weight excluding hydrogens is 300 g/mol. The molecular formula is C19H24N4O. The van der Waals surface area contributed by atoms with E-state index >= 15 is 0 Å². The maximum absolute atomic E-state index is 12.2. The highest BCUT2D eigenvalue weighted by Gasteiger charge is 2.19. The van der Waals surface area contributed by atoms with Crippen molar-refractivity contribution in [1.82, 2.24) is 15.5 Å². The highest BCUT2D eigenvalue weighted by molar-refractivity contribution is 5.92. The van der Waals surface area contributed by atoms with E-state index in [1.165, 1.54) is 18.4 Å². The maximum atomic E-state index is 12.2. The number of aromatic nitrogens is 2. The first-order valence-electron chi connectivity index (χ1n) is 8.69. The Labute approximate surface area is 143 Å². The van der Waals surface area contributed by atoms with Crippen LogP contribution in [0.4, 0.5) is 5.82 Å². The van der Waals surface area contributed by atoms with Gasteiger partial charge in [0.15, 0.2) is 11.5 Å². The minimum atomic E-state index is -0.118. The van der Waals surface area contributed by atoms with Crippen molar-refractivity contribution in [3.8, 4) is 0 Å². The molecule has 1 aliphatic carbocycles. The van der Waals surface area contributed by atoms with Crippen LogP contribution in [0.2, 0.25) is 0 Å². The van der Waals surface area contributed by atoms with Crippen LogP contribution in [-0.2, 0) is 6.54 Å². The fourth-order valence-electron chi connectivity index (χ4n) is 3.10. The first-order valence-corrected chi connectivity index (χ1v) is 8.69. The van der Waals surface area contributed by atoms with Crippen molar-refractivity contribution in [2.24, 2.45) is 0 Å². The van der Waals surface area contributed by atoms with Crippen molar-refractivity contribution in [2.45, 2.75) is 45.2 Å². The van der Waals surface area contributed by atoms with E-state index < -0.39 is 0 Å². The third-order valence-electron chi connectivity index (χ3n) is 4.50. The SMILES string of the molecule is CCN(Cc1ccccc1)c1ccc(C(=O)NC2CCCC2)nn1. The van der Waals surface area contributed by atoms with E-state index in [9.17, 15) is 4.79 Å². The fraction of sp³-hybridized carbons (Fsp3) is 0.421. The lowest BCUT2D eigenvalue weighted by molar-refractivity contribution is 0.0932. The number of anilines is 1. The second-order valence-corrected chi connectivity index (χ2v) is 6.23. The molecule has 1 aliphatic rings. The fourth-order valence-corrected chi connectivity index (χ4v) is 3.10. The van der Waals surface area contributed by atoms with E-state index in [0.29, 0.717) is 11.7 Å². The largest absolute Gasteiger partial charge is 0.351 e. The van der Waals surface area contributed by atoms with Crippen LogP contribution >= 0.6 is 0 Å². The molecule has 1 aromatic heterocycles. The van der Waals surface area contributed by atoms with Gasteiger partial charge in [-0.25, -0.2) is 0 Å². The molecule has 0 atom stereocenters. The quantitative estimate of drug-likeness (QED) is 0.886. The zero-order valence-corrected chi connectivity index (χ0v) is 14.1. The molecule has 0 spiro atoms. The van der Waals surface area contributed by atoms with Gasteiger partial charge in [0.25, 0.3) is 5.91 Å². The summed E-state index contributed by atoms with van der Waals surface area (Å²) in [6, 6.07) is 14.2. The number of hydrogen-bond donors (Lipinski definition) is 1. The van der Waals surface area contributed by atoms with Crippen molar-refractivity contribution in [3.05, 3.63) is 53.7 Å². The smallest absolute Gasteiger partial charge is 0.272 e. The summed E-state index contributed by atoms with van der Waals surface area (Å²) < 4.78 is 0. The van der Waals surface area contributed by atoms with Crippen LogP contribution in [0.3, 0.4) is 0 Å². The van der Waals surface area contributed by atoms with Crippen molar-refractivity contribution >= 4 is 11.7 Å². The summed E-state index contributed by atoms with van der Waals surface area (Å²) >= 11 is 0. The van der Waals surface area contributed by atoms with Crippen LogP contribution in [0, 0.1) is 0 Å². The molecule has 1 heterocycles. The van der Waals surface area contributed by atoms with Crippen molar-refractivity contribution in [3.63, 3.8) is 0 Å². The number of carbonyl (C=O) groups is 1. The lowest BCUT2D eigenvalue weighted by Gasteiger charge is -2.21. The Bertz CT molecular complexity index is 651. The first kappa shape index (κ1) is 16.4. The van der Waals surface area contributed by atoms with Gasteiger partial charge in [-0.1, -0.05) is 43.2 Å². The monoisotopic (exact) mass is 324 g/mol. The van der Waals surface area contributed by atoms with Crippen molar-refractivity contribution in [1.29, 1.82) is 0 Å². The lowest BCUT2D eigenvalue weighted by Crippen LogP contribution is -2.33. The van der Waals surface area contributed by atoms with Crippen LogP contribution < -0.4 is 10.2 Å². The minimum Gasteiger partial charge on any atom is -0.351 e. The molecule has 5 nitrogen and oxygen atoms in total. The van der Waals surface area contributed by atoms with E-state index in [2.05, 4.69) is 39.5 Å². The molecule has 3 rings (SSSR count). The number of carbonyl (C=O) groups excluding carboxylic acids is 1. The molecule has 24 heavy (non-hydrogen) atoms. The van der Waals surface area contributed by atoms with Crippen LogP contribution in [0.1, 0.15) is 48.7 Å². The highest BCUT2D eigenvalue weighted by Crippen LogP contribution is 2.18. The number of nitrogens with zero attached hydrogens (tertiary/aromatic N) is 3. The van der Waals surface area contributed by atoms with Gasteiger partial charge in [0.05, 0.1) is 0 Å². The third kappa shape index (κ3) is 4.10. The molecule has 1 saturated carbocycles. The summed E-state index contributed by atoms with van der Waals surface area (Å²) in [7, 11) is 0. The molecule has 0 aliphatic heterocycles. The lowest BCUT2D eigenvalue weighted by atomic mass is 10.2. The Morgan fingerprint density at radius 2 is 1.88 bits per heavy atom. The molecule has 5 heteroatoms. The van der Waals surface area contributed by atoms with Gasteiger partial charge in [-0.05, 0) is 37.5 Å². The van der Waals surface area contributed by atoms with Crippen LogP contribution in [-0.4, -0.2) is 28.7 Å². The summed E-state index contributed by atoms with van der Waals surface area (Å²) in [4.78, 5) is 14.4. The molecule has 1 fully saturated rings. The van der Waals surface area contributed by atoms with Crippen molar-refractivity contribution < 1.29 is 4.79 Å². The average Bonchev–Trinajstić information content (AvgIpc) is 3.14. The van der Waals surface area contributed by atoms with Gasteiger partial charge in [-0.2, -0.15) is 0 Å². The van der Waals surface area contributed by atoms with Gasteiger partial charge in [0.2, 0.25) is 0 Å². The molecule has 126 valence electrons. The number of rotatable bonds is 6. The topological polar surface area (TPSA) is 58.1 Å². The van der Waals surface area contributed by atoms with Gasteiger partial charge >= 0.3 is 0 Å². The van der Waals surface area contributed by atoms with Gasteiger partial charge in [0, 0.05) is 19.1 Å². The average molecular weight is 324 g/mol. The molecule has 0 bridgehead atoms. The summed E-state index contributed by atoms with van der Waals surface area (Å²) in [5.74, 6) is 0.672. The Kier molecular flexibility index (Phi) is 5.41. The Morgan fingerprint density at radius 1 is 1.12 bits per heavy atom. The summed E-state index contributed by atoms with van der Waals surface area (Å²) in [6.07, 6.45) is 4.52. The van der Waals surface area contributed by atoms with E-state index in [4.69, 9.17) is 0 Å². The molecule has 0 unspecified atom stereocenters. The first-order chi connectivity index (χ1) is 11.8. The summed E-state index contributed by atoms with van der Waals surface area (Å²) in [6.45, 7) is 3.70. The van der Waals surface area contributed by atoms with Gasteiger partial charge in [-0.3, -0.25) is 4.79 Å². The predicted octanol–water partition coefficient (Wildman–Crippen LogP) is 3.18. The van der Waals surface area contributed by atoms with Gasteiger partial charge in [-0.15, -0.1) is 10.2 Å². The van der Waals surface area contributed by atoms with E-state index in [-0.39, 0.29) is 5.91 Å². The Balaban J connectivity index is 1.64. The number of hydrogen-bond acceptors (Lipinski definition) is 4. The zero-order chi connectivity index (χ0) is 16.8. The molecule has 2 aromatic rings.